The number of ether oxygens (including phenoxy) is 1. The molecular weight excluding hydrogens is 681 g/mol. The van der Waals surface area contributed by atoms with Crippen LogP contribution in [0.3, 0.4) is 0 Å². The highest BCUT2D eigenvalue weighted by Gasteiger charge is 2.38. The van der Waals surface area contributed by atoms with E-state index in [2.05, 4.69) is 20.9 Å². The number of thiazole rings is 1. The minimum absolute atomic E-state index is 0.0755. The van der Waals surface area contributed by atoms with Gasteiger partial charge in [-0.2, -0.15) is 0 Å². The number of anilines is 1. The molecule has 5 rings (SSSR count). The number of hydrogen-bond acceptors (Lipinski definition) is 10. The Hall–Kier alpha value is -4.60. The van der Waals surface area contributed by atoms with Crippen LogP contribution in [0.1, 0.15) is 55.2 Å². The van der Waals surface area contributed by atoms with E-state index < -0.39 is 32.9 Å². The molecule has 1 atom stereocenters. The van der Waals surface area contributed by atoms with Crippen molar-refractivity contribution in [3.05, 3.63) is 89.2 Å². The van der Waals surface area contributed by atoms with Crippen LogP contribution < -0.4 is 16.0 Å². The summed E-state index contributed by atoms with van der Waals surface area (Å²) in [7, 11) is -3.54. The Morgan fingerprint density at radius 2 is 1.82 bits per heavy atom. The molecule has 1 saturated heterocycles. The molecule has 1 fully saturated rings. The highest BCUT2D eigenvalue weighted by molar-refractivity contribution is 7.89. The Morgan fingerprint density at radius 1 is 1.08 bits per heavy atom. The number of rotatable bonds is 13. The molecule has 3 aromatic rings. The molecular formula is C35H42N6O7S2. The van der Waals surface area contributed by atoms with Gasteiger partial charge in [-0.1, -0.05) is 48.6 Å². The molecule has 1 aliphatic heterocycles. The molecule has 3 amide bonds. The van der Waals surface area contributed by atoms with Crippen LogP contribution >= 0.6 is 11.3 Å². The second kappa shape index (κ2) is 15.1. The van der Waals surface area contributed by atoms with Crippen molar-refractivity contribution in [3.63, 3.8) is 0 Å². The normalized spacial score (nSPS) is 18.1. The standard InChI is InChI=1S/C35H42N6O7S2/c1-34(2,3)48-30(43)13-15-40-19-27(20-40)32(45)37-23-35(14-8-11-25(17-35)24-9-6-5-7-10-24)28-22-49-33(38-28)39-29(42)18-36-31(44)26-12-16-41(21-26)50(4,46)47/h5-12,14,16,21-22,27H,13,15,17-20,23H2,1-4H3,(H,36,44)(H,37,45)(H,38,39,42). The van der Waals surface area contributed by atoms with Gasteiger partial charge in [0.2, 0.25) is 21.8 Å². The first-order valence-electron chi connectivity index (χ1n) is 16.2. The van der Waals surface area contributed by atoms with E-state index in [1.165, 1.54) is 29.8 Å². The van der Waals surface area contributed by atoms with E-state index in [1.54, 1.807) is 0 Å². The van der Waals surface area contributed by atoms with E-state index in [1.807, 2.05) is 74.7 Å². The summed E-state index contributed by atoms with van der Waals surface area (Å²) in [6.45, 7) is 7.07. The highest BCUT2D eigenvalue weighted by atomic mass is 32.2. The van der Waals surface area contributed by atoms with E-state index in [0.29, 0.717) is 36.9 Å². The van der Waals surface area contributed by atoms with Gasteiger partial charge < -0.3 is 25.6 Å². The zero-order chi connectivity index (χ0) is 36.1. The molecule has 0 spiro atoms. The molecule has 1 aliphatic carbocycles. The van der Waals surface area contributed by atoms with Crippen LogP contribution in [0.4, 0.5) is 5.13 Å². The second-order valence-electron chi connectivity index (χ2n) is 13.5. The van der Waals surface area contributed by atoms with Gasteiger partial charge in [0.05, 0.1) is 41.8 Å². The number of benzene rings is 1. The molecule has 1 unspecified atom stereocenters. The van der Waals surface area contributed by atoms with Crippen LogP contribution in [0.15, 0.2) is 72.4 Å². The van der Waals surface area contributed by atoms with Gasteiger partial charge in [-0.15, -0.1) is 11.3 Å². The van der Waals surface area contributed by atoms with Crippen LogP contribution in [0.5, 0.6) is 0 Å². The van der Waals surface area contributed by atoms with Crippen molar-refractivity contribution in [1.29, 1.82) is 0 Å². The summed E-state index contributed by atoms with van der Waals surface area (Å²) in [4.78, 5) is 57.4. The summed E-state index contributed by atoms with van der Waals surface area (Å²) in [5.74, 6) is -1.64. The summed E-state index contributed by atoms with van der Waals surface area (Å²) in [5, 5.41) is 10.5. The first kappa shape index (κ1) is 36.7. The van der Waals surface area contributed by atoms with Crippen molar-refractivity contribution >= 4 is 55.8 Å². The third-order valence-electron chi connectivity index (χ3n) is 8.30. The van der Waals surface area contributed by atoms with E-state index in [0.717, 1.165) is 21.4 Å². The Morgan fingerprint density at radius 3 is 2.50 bits per heavy atom. The Labute approximate surface area is 295 Å². The second-order valence-corrected chi connectivity index (χ2v) is 16.3. The molecule has 3 heterocycles. The zero-order valence-corrected chi connectivity index (χ0v) is 30.1. The monoisotopic (exact) mass is 722 g/mol. The molecule has 1 aromatic carbocycles. The van der Waals surface area contributed by atoms with Gasteiger partial charge in [-0.25, -0.2) is 13.4 Å². The van der Waals surface area contributed by atoms with Crippen molar-refractivity contribution in [1.82, 2.24) is 24.5 Å². The van der Waals surface area contributed by atoms with Crippen molar-refractivity contribution in [3.8, 4) is 0 Å². The first-order valence-corrected chi connectivity index (χ1v) is 18.9. The number of likely N-dealkylation sites (tertiary alicyclic amines) is 1. The number of allylic oxidation sites excluding steroid dienone is 3. The Balaban J connectivity index is 1.20. The lowest BCUT2D eigenvalue weighted by Gasteiger charge is -2.39. The zero-order valence-electron chi connectivity index (χ0n) is 28.5. The summed E-state index contributed by atoms with van der Waals surface area (Å²) < 4.78 is 29.7. The van der Waals surface area contributed by atoms with Gasteiger partial charge in [-0.05, 0) is 44.4 Å². The molecule has 0 radical (unpaired) electrons. The van der Waals surface area contributed by atoms with E-state index >= 15 is 0 Å². The van der Waals surface area contributed by atoms with Gasteiger partial charge in [0.1, 0.15) is 5.60 Å². The fraction of sp³-hybridized carbons (Fsp3) is 0.400. The quantitative estimate of drug-likeness (QED) is 0.225. The van der Waals surface area contributed by atoms with Crippen molar-refractivity contribution in [2.75, 3.05) is 44.3 Å². The maximum atomic E-state index is 13.3. The lowest BCUT2D eigenvalue weighted by molar-refractivity contribution is -0.155. The molecule has 2 aromatic heterocycles. The average Bonchev–Trinajstić information content (AvgIpc) is 3.73. The first-order chi connectivity index (χ1) is 23.6. The number of aromatic nitrogens is 2. The maximum Gasteiger partial charge on any atom is 0.307 e. The fourth-order valence-electron chi connectivity index (χ4n) is 5.70. The molecule has 266 valence electrons. The third-order valence-corrected chi connectivity index (χ3v) is 10.1. The van der Waals surface area contributed by atoms with Crippen molar-refractivity contribution in [2.24, 2.45) is 5.92 Å². The smallest absolute Gasteiger partial charge is 0.307 e. The van der Waals surface area contributed by atoms with E-state index in [-0.39, 0.29) is 42.9 Å². The summed E-state index contributed by atoms with van der Waals surface area (Å²) in [6.07, 6.45) is 10.3. The lowest BCUT2D eigenvalue weighted by atomic mass is 9.74. The summed E-state index contributed by atoms with van der Waals surface area (Å²) in [5.41, 5.74) is 1.67. The van der Waals surface area contributed by atoms with Gasteiger partial charge in [0.25, 0.3) is 5.91 Å². The number of amides is 3. The predicted octanol–water partition coefficient (Wildman–Crippen LogP) is 3.18. The number of esters is 1. The van der Waals surface area contributed by atoms with Crippen molar-refractivity contribution < 1.29 is 32.3 Å². The SMILES string of the molecule is CC(C)(C)OC(=O)CCN1CC(C(=O)NCC2(c3csc(NC(=O)CNC(=O)c4ccn(S(C)(=O)=O)c4)n3)C=CC=C(c3ccccc3)C2)C1. The van der Waals surface area contributed by atoms with Gasteiger partial charge in [0.15, 0.2) is 5.13 Å². The summed E-state index contributed by atoms with van der Waals surface area (Å²) >= 11 is 1.24. The van der Waals surface area contributed by atoms with Gasteiger partial charge in [0, 0.05) is 44.0 Å². The molecule has 0 saturated carbocycles. The predicted molar refractivity (Wildman–Crippen MR) is 191 cm³/mol. The molecule has 13 nitrogen and oxygen atoms in total. The van der Waals surface area contributed by atoms with Crippen LogP contribution in [0, 0.1) is 5.92 Å². The van der Waals surface area contributed by atoms with Crippen LogP contribution in [0.2, 0.25) is 0 Å². The van der Waals surface area contributed by atoms with E-state index in [4.69, 9.17) is 9.72 Å². The van der Waals surface area contributed by atoms with E-state index in [9.17, 15) is 27.6 Å². The number of carbonyl (C=O) groups is 4. The number of nitrogens with zero attached hydrogens (tertiary/aromatic N) is 3. The number of hydrogen-bond donors (Lipinski definition) is 3. The van der Waals surface area contributed by atoms with Crippen LogP contribution in [-0.2, 0) is 34.6 Å². The summed E-state index contributed by atoms with van der Waals surface area (Å²) in [6, 6.07) is 11.3. The fourth-order valence-corrected chi connectivity index (χ4v) is 7.12. The molecule has 2 aliphatic rings. The molecule has 3 N–H and O–H groups in total. The largest absolute Gasteiger partial charge is 0.460 e. The number of carbonyl (C=O) groups excluding carboxylic acids is 4. The lowest BCUT2D eigenvalue weighted by Crippen LogP contribution is -2.55. The molecule has 50 heavy (non-hydrogen) atoms. The van der Waals surface area contributed by atoms with Crippen molar-refractivity contribution in [2.45, 2.75) is 44.6 Å². The average molecular weight is 723 g/mol. The van der Waals surface area contributed by atoms with Crippen LogP contribution in [-0.4, -0.2) is 90.5 Å². The van der Waals surface area contributed by atoms with Crippen LogP contribution in [0.25, 0.3) is 5.57 Å². The van der Waals surface area contributed by atoms with Gasteiger partial charge >= 0.3 is 5.97 Å². The third kappa shape index (κ3) is 9.55. The Kier molecular flexibility index (Phi) is 11.1. The number of nitrogens with one attached hydrogen (secondary N) is 3. The molecule has 0 bridgehead atoms. The Bertz CT molecular complexity index is 1900. The molecule has 15 heteroatoms. The van der Waals surface area contributed by atoms with Gasteiger partial charge in [-0.3, -0.25) is 23.2 Å². The minimum atomic E-state index is -3.54. The topological polar surface area (TPSA) is 169 Å². The maximum absolute atomic E-state index is 13.3. The minimum Gasteiger partial charge on any atom is -0.460 e. The highest BCUT2D eigenvalue weighted by Crippen LogP contribution is 2.40.